The van der Waals surface area contributed by atoms with Crippen LogP contribution in [0.1, 0.15) is 6.92 Å². The van der Waals surface area contributed by atoms with Crippen molar-refractivity contribution in [3.8, 4) is 0 Å². The molecule has 3 nitrogen and oxygen atoms in total. The van der Waals surface area contributed by atoms with Crippen LogP contribution in [0.5, 0.6) is 0 Å². The van der Waals surface area contributed by atoms with Crippen LogP contribution in [0, 0.1) is 0 Å². The zero-order valence-electron chi connectivity index (χ0n) is 9.29. The van der Waals surface area contributed by atoms with Gasteiger partial charge < -0.3 is 15.4 Å². The van der Waals surface area contributed by atoms with Crippen molar-refractivity contribution >= 4 is 38.9 Å². The van der Waals surface area contributed by atoms with Crippen molar-refractivity contribution in [2.75, 3.05) is 19.0 Å². The molecule has 0 heterocycles. The summed E-state index contributed by atoms with van der Waals surface area (Å²) in [7, 11) is 1.68. The van der Waals surface area contributed by atoms with Crippen LogP contribution >= 0.6 is 28.1 Å². The number of rotatable bonds is 4. The van der Waals surface area contributed by atoms with Crippen LogP contribution in [0.25, 0.3) is 0 Å². The maximum absolute atomic E-state index is 5.15. The van der Waals surface area contributed by atoms with Gasteiger partial charge >= 0.3 is 0 Å². The molecule has 0 spiro atoms. The molecule has 0 aliphatic heterocycles. The summed E-state index contributed by atoms with van der Waals surface area (Å²) in [6, 6.07) is 7.84. The fraction of sp³-hybridized carbons (Fsp3) is 0.364. The van der Waals surface area contributed by atoms with Gasteiger partial charge in [-0.2, -0.15) is 0 Å². The van der Waals surface area contributed by atoms with Crippen LogP contribution in [0.4, 0.5) is 5.69 Å². The van der Waals surface area contributed by atoms with Gasteiger partial charge in [0.1, 0.15) is 0 Å². The Kier molecular flexibility index (Phi) is 5.73. The van der Waals surface area contributed by atoms with E-state index in [2.05, 4.69) is 26.6 Å². The van der Waals surface area contributed by atoms with Gasteiger partial charge in [0.2, 0.25) is 0 Å². The standard InChI is InChI=1S/C11H15BrN2OS/c1-8(15-2)7-13-11(16)14-10-5-3-4-9(12)6-10/h3-6,8H,7H2,1-2H3,(H2,13,14,16). The minimum atomic E-state index is 0.141. The molecule has 16 heavy (non-hydrogen) atoms. The van der Waals surface area contributed by atoms with Crippen LogP contribution in [0.2, 0.25) is 0 Å². The summed E-state index contributed by atoms with van der Waals surface area (Å²) >= 11 is 8.55. The number of hydrogen-bond donors (Lipinski definition) is 2. The highest BCUT2D eigenvalue weighted by Crippen LogP contribution is 2.15. The highest BCUT2D eigenvalue weighted by Gasteiger charge is 2.01. The summed E-state index contributed by atoms with van der Waals surface area (Å²) in [6.07, 6.45) is 0.141. The minimum absolute atomic E-state index is 0.141. The number of thiocarbonyl (C=S) groups is 1. The number of methoxy groups -OCH3 is 1. The Hall–Kier alpha value is -0.650. The average Bonchev–Trinajstić information content (AvgIpc) is 2.26. The average molecular weight is 303 g/mol. The lowest BCUT2D eigenvalue weighted by Gasteiger charge is -2.14. The highest BCUT2D eigenvalue weighted by atomic mass is 79.9. The maximum Gasteiger partial charge on any atom is 0.170 e. The van der Waals surface area contributed by atoms with Crippen molar-refractivity contribution in [1.29, 1.82) is 0 Å². The quantitative estimate of drug-likeness (QED) is 0.838. The molecule has 5 heteroatoms. The van der Waals surface area contributed by atoms with Crippen molar-refractivity contribution < 1.29 is 4.74 Å². The second kappa shape index (κ2) is 6.83. The molecule has 0 amide bonds. The van der Waals surface area contributed by atoms with Crippen molar-refractivity contribution in [3.63, 3.8) is 0 Å². The van der Waals surface area contributed by atoms with E-state index in [9.17, 15) is 0 Å². The van der Waals surface area contributed by atoms with Crippen molar-refractivity contribution in [3.05, 3.63) is 28.7 Å². The topological polar surface area (TPSA) is 33.3 Å². The second-order valence-corrected chi connectivity index (χ2v) is 4.72. The number of ether oxygens (including phenoxy) is 1. The van der Waals surface area contributed by atoms with Gasteiger partial charge in [0.15, 0.2) is 5.11 Å². The van der Waals surface area contributed by atoms with Gasteiger partial charge in [-0.25, -0.2) is 0 Å². The highest BCUT2D eigenvalue weighted by molar-refractivity contribution is 9.10. The molecule has 1 atom stereocenters. The lowest BCUT2D eigenvalue weighted by atomic mass is 10.3. The summed E-state index contributed by atoms with van der Waals surface area (Å²) in [5, 5.41) is 6.78. The molecule has 2 N–H and O–H groups in total. The van der Waals surface area contributed by atoms with Crippen LogP contribution < -0.4 is 10.6 Å². The molecule has 1 rings (SSSR count). The Labute approximate surface area is 110 Å². The largest absolute Gasteiger partial charge is 0.380 e. The molecule has 0 aliphatic carbocycles. The summed E-state index contributed by atoms with van der Waals surface area (Å²) < 4.78 is 6.13. The second-order valence-electron chi connectivity index (χ2n) is 3.39. The van der Waals surface area contributed by atoms with Gasteiger partial charge in [-0.05, 0) is 37.3 Å². The van der Waals surface area contributed by atoms with Gasteiger partial charge in [-0.1, -0.05) is 22.0 Å². The smallest absolute Gasteiger partial charge is 0.170 e. The molecule has 0 aliphatic rings. The maximum atomic E-state index is 5.15. The Morgan fingerprint density at radius 2 is 2.31 bits per heavy atom. The number of benzene rings is 1. The molecular weight excluding hydrogens is 288 g/mol. The van der Waals surface area contributed by atoms with E-state index in [1.807, 2.05) is 31.2 Å². The van der Waals surface area contributed by atoms with E-state index >= 15 is 0 Å². The fourth-order valence-corrected chi connectivity index (χ4v) is 1.66. The molecule has 0 saturated carbocycles. The van der Waals surface area contributed by atoms with Gasteiger partial charge in [0.25, 0.3) is 0 Å². The first-order chi connectivity index (χ1) is 7.61. The van der Waals surface area contributed by atoms with Crippen LogP contribution in [0.3, 0.4) is 0 Å². The predicted octanol–water partition coefficient (Wildman–Crippen LogP) is 2.77. The van der Waals surface area contributed by atoms with Crippen LogP contribution in [-0.2, 0) is 4.74 Å². The fourth-order valence-electron chi connectivity index (χ4n) is 1.06. The van der Waals surface area contributed by atoms with Gasteiger partial charge in [0, 0.05) is 23.8 Å². The van der Waals surface area contributed by atoms with Gasteiger partial charge in [-0.15, -0.1) is 0 Å². The lowest BCUT2D eigenvalue weighted by Crippen LogP contribution is -2.34. The molecule has 88 valence electrons. The Balaban J connectivity index is 2.40. The van der Waals surface area contributed by atoms with Crippen molar-refractivity contribution in [1.82, 2.24) is 5.32 Å². The normalized spacial score (nSPS) is 11.9. The Morgan fingerprint density at radius 1 is 1.56 bits per heavy atom. The summed E-state index contributed by atoms with van der Waals surface area (Å²) in [5.74, 6) is 0. The zero-order valence-corrected chi connectivity index (χ0v) is 11.7. The van der Waals surface area contributed by atoms with Gasteiger partial charge in [-0.3, -0.25) is 0 Å². The monoisotopic (exact) mass is 302 g/mol. The van der Waals surface area contributed by atoms with E-state index in [4.69, 9.17) is 17.0 Å². The molecule has 1 unspecified atom stereocenters. The first kappa shape index (κ1) is 13.4. The third kappa shape index (κ3) is 4.92. The first-order valence-electron chi connectivity index (χ1n) is 4.95. The SMILES string of the molecule is COC(C)CNC(=S)Nc1cccc(Br)c1. The van der Waals surface area contributed by atoms with Crippen molar-refractivity contribution in [2.24, 2.45) is 0 Å². The van der Waals surface area contributed by atoms with Crippen LogP contribution in [-0.4, -0.2) is 24.9 Å². The Bertz CT molecular complexity index is 360. The van der Waals surface area contributed by atoms with Crippen molar-refractivity contribution in [2.45, 2.75) is 13.0 Å². The minimum Gasteiger partial charge on any atom is -0.380 e. The molecule has 0 fully saturated rings. The van der Waals surface area contributed by atoms with Gasteiger partial charge in [0.05, 0.1) is 6.10 Å². The molecule has 0 saturated heterocycles. The number of anilines is 1. The predicted molar refractivity (Wildman–Crippen MR) is 74.8 cm³/mol. The molecule has 0 radical (unpaired) electrons. The first-order valence-corrected chi connectivity index (χ1v) is 6.15. The number of hydrogen-bond acceptors (Lipinski definition) is 2. The number of nitrogens with one attached hydrogen (secondary N) is 2. The molecule has 1 aromatic rings. The molecule has 0 bridgehead atoms. The van der Waals surface area contributed by atoms with E-state index < -0.39 is 0 Å². The molecular formula is C11H15BrN2OS. The lowest BCUT2D eigenvalue weighted by molar-refractivity contribution is 0.121. The molecule has 0 aromatic heterocycles. The third-order valence-corrected chi connectivity index (χ3v) is 2.77. The van der Waals surface area contributed by atoms with E-state index in [-0.39, 0.29) is 6.10 Å². The van der Waals surface area contributed by atoms with E-state index in [0.717, 1.165) is 10.2 Å². The summed E-state index contributed by atoms with van der Waals surface area (Å²) in [5.41, 5.74) is 0.956. The summed E-state index contributed by atoms with van der Waals surface area (Å²) in [4.78, 5) is 0. The molecule has 1 aromatic carbocycles. The zero-order chi connectivity index (χ0) is 12.0. The third-order valence-electron chi connectivity index (χ3n) is 2.03. The van der Waals surface area contributed by atoms with E-state index in [1.54, 1.807) is 7.11 Å². The van der Waals surface area contributed by atoms with E-state index in [0.29, 0.717) is 11.7 Å². The number of halogens is 1. The van der Waals surface area contributed by atoms with E-state index in [1.165, 1.54) is 0 Å². The Morgan fingerprint density at radius 3 is 2.94 bits per heavy atom. The summed E-state index contributed by atoms with van der Waals surface area (Å²) in [6.45, 7) is 2.67. The van der Waals surface area contributed by atoms with Crippen LogP contribution in [0.15, 0.2) is 28.7 Å².